The van der Waals surface area contributed by atoms with Crippen LogP contribution in [0.15, 0.2) is 36.5 Å². The van der Waals surface area contributed by atoms with Crippen molar-refractivity contribution in [2.45, 2.75) is 0 Å². The second-order valence-corrected chi connectivity index (χ2v) is 4.66. The van der Waals surface area contributed by atoms with Gasteiger partial charge in [0.1, 0.15) is 5.82 Å². The van der Waals surface area contributed by atoms with E-state index in [9.17, 15) is 4.79 Å². The highest BCUT2D eigenvalue weighted by Gasteiger charge is 2.14. The zero-order chi connectivity index (χ0) is 13.1. The number of aromatic nitrogens is 1. The molecule has 18 heavy (non-hydrogen) atoms. The van der Waals surface area contributed by atoms with Crippen LogP contribution >= 0.6 is 34.8 Å². The molecule has 0 aliphatic heterocycles. The van der Waals surface area contributed by atoms with Gasteiger partial charge < -0.3 is 5.32 Å². The summed E-state index contributed by atoms with van der Waals surface area (Å²) in [6, 6.07) is 7.99. The molecule has 0 atom stereocenters. The topological polar surface area (TPSA) is 42.0 Å². The SMILES string of the molecule is O=C(Nc1cc(Cl)ccn1)c1c(Cl)cccc1Cl. The zero-order valence-electron chi connectivity index (χ0n) is 8.95. The van der Waals surface area contributed by atoms with Crippen molar-refractivity contribution < 1.29 is 4.79 Å². The highest BCUT2D eigenvalue weighted by molar-refractivity contribution is 6.40. The Kier molecular flexibility index (Phi) is 4.07. The maximum absolute atomic E-state index is 12.0. The number of halogens is 3. The third kappa shape index (κ3) is 2.93. The van der Waals surface area contributed by atoms with E-state index in [2.05, 4.69) is 10.3 Å². The Balaban J connectivity index is 2.28. The maximum atomic E-state index is 12.0. The molecule has 1 aromatic carbocycles. The molecule has 0 bridgehead atoms. The van der Waals surface area contributed by atoms with Crippen molar-refractivity contribution in [2.24, 2.45) is 0 Å². The molecular formula is C12H7Cl3N2O. The van der Waals surface area contributed by atoms with Crippen LogP contribution in [0.3, 0.4) is 0 Å². The Hall–Kier alpha value is -1.29. The molecule has 0 radical (unpaired) electrons. The van der Waals surface area contributed by atoms with Gasteiger partial charge in [-0.3, -0.25) is 4.79 Å². The number of hydrogen-bond donors (Lipinski definition) is 1. The quantitative estimate of drug-likeness (QED) is 0.899. The van der Waals surface area contributed by atoms with Gasteiger partial charge in [-0.2, -0.15) is 0 Å². The van der Waals surface area contributed by atoms with Gasteiger partial charge >= 0.3 is 0 Å². The van der Waals surface area contributed by atoms with Crippen molar-refractivity contribution >= 4 is 46.5 Å². The minimum absolute atomic E-state index is 0.211. The summed E-state index contributed by atoms with van der Waals surface area (Å²) in [5, 5.41) is 3.61. The van der Waals surface area contributed by atoms with Gasteiger partial charge in [-0.25, -0.2) is 4.98 Å². The number of benzene rings is 1. The van der Waals surface area contributed by atoms with Crippen LogP contribution in [-0.2, 0) is 0 Å². The standard InChI is InChI=1S/C12H7Cl3N2O/c13-7-4-5-16-10(6-7)17-12(18)11-8(14)2-1-3-9(11)15/h1-6H,(H,16,17,18). The first-order valence-electron chi connectivity index (χ1n) is 4.95. The molecule has 0 saturated heterocycles. The van der Waals surface area contributed by atoms with Gasteiger partial charge in [0.15, 0.2) is 0 Å². The largest absolute Gasteiger partial charge is 0.306 e. The maximum Gasteiger partial charge on any atom is 0.259 e. The summed E-state index contributed by atoms with van der Waals surface area (Å²) >= 11 is 17.7. The zero-order valence-corrected chi connectivity index (χ0v) is 11.2. The average Bonchev–Trinajstić information content (AvgIpc) is 2.28. The molecular weight excluding hydrogens is 295 g/mol. The fourth-order valence-corrected chi connectivity index (χ4v) is 2.10. The van der Waals surface area contributed by atoms with E-state index in [4.69, 9.17) is 34.8 Å². The second kappa shape index (κ2) is 5.57. The Morgan fingerprint density at radius 2 is 1.78 bits per heavy atom. The van der Waals surface area contributed by atoms with Crippen molar-refractivity contribution in [1.29, 1.82) is 0 Å². The van der Waals surface area contributed by atoms with Crippen LogP contribution in [0.2, 0.25) is 15.1 Å². The lowest BCUT2D eigenvalue weighted by Crippen LogP contribution is -2.14. The molecule has 3 nitrogen and oxygen atoms in total. The minimum atomic E-state index is -0.430. The van der Waals surface area contributed by atoms with Gasteiger partial charge in [0, 0.05) is 11.2 Å². The average molecular weight is 302 g/mol. The van der Waals surface area contributed by atoms with Crippen molar-refractivity contribution in [2.75, 3.05) is 5.32 Å². The molecule has 0 aliphatic rings. The summed E-state index contributed by atoms with van der Waals surface area (Å²) in [6.45, 7) is 0. The van der Waals surface area contributed by atoms with Crippen LogP contribution in [0, 0.1) is 0 Å². The summed E-state index contributed by atoms with van der Waals surface area (Å²) in [6.07, 6.45) is 1.49. The fraction of sp³-hybridized carbons (Fsp3) is 0. The molecule has 0 saturated carbocycles. The number of nitrogens with zero attached hydrogens (tertiary/aromatic N) is 1. The number of amides is 1. The number of hydrogen-bond acceptors (Lipinski definition) is 2. The van der Waals surface area contributed by atoms with E-state index in [-0.39, 0.29) is 15.6 Å². The Bertz CT molecular complexity index is 581. The van der Waals surface area contributed by atoms with E-state index in [0.717, 1.165) is 0 Å². The van der Waals surface area contributed by atoms with E-state index >= 15 is 0 Å². The molecule has 1 aromatic heterocycles. The highest BCUT2D eigenvalue weighted by Crippen LogP contribution is 2.25. The van der Waals surface area contributed by atoms with E-state index < -0.39 is 5.91 Å². The normalized spacial score (nSPS) is 10.2. The van der Waals surface area contributed by atoms with E-state index in [1.165, 1.54) is 12.3 Å². The number of carbonyl (C=O) groups excluding carboxylic acids is 1. The number of rotatable bonds is 2. The predicted octanol–water partition coefficient (Wildman–Crippen LogP) is 4.29. The Morgan fingerprint density at radius 3 is 2.39 bits per heavy atom. The number of nitrogens with one attached hydrogen (secondary N) is 1. The van der Waals surface area contributed by atoms with Crippen LogP contribution in [0.25, 0.3) is 0 Å². The molecule has 0 spiro atoms. The lowest BCUT2D eigenvalue weighted by atomic mass is 10.2. The van der Waals surface area contributed by atoms with Gasteiger partial charge in [0.25, 0.3) is 5.91 Å². The Labute approximate surface area is 119 Å². The monoisotopic (exact) mass is 300 g/mol. The molecule has 0 unspecified atom stereocenters. The lowest BCUT2D eigenvalue weighted by molar-refractivity contribution is 0.102. The molecule has 0 aliphatic carbocycles. The summed E-state index contributed by atoms with van der Waals surface area (Å²) in [7, 11) is 0. The van der Waals surface area contributed by atoms with E-state index in [1.54, 1.807) is 24.3 Å². The third-order valence-electron chi connectivity index (χ3n) is 2.15. The fourth-order valence-electron chi connectivity index (χ4n) is 1.37. The van der Waals surface area contributed by atoms with Gasteiger partial charge in [0.05, 0.1) is 15.6 Å². The van der Waals surface area contributed by atoms with Gasteiger partial charge in [0.2, 0.25) is 0 Å². The molecule has 1 N–H and O–H groups in total. The summed E-state index contributed by atoms with van der Waals surface area (Å²) < 4.78 is 0. The van der Waals surface area contributed by atoms with Crippen molar-refractivity contribution in [3.8, 4) is 0 Å². The predicted molar refractivity (Wildman–Crippen MR) is 73.7 cm³/mol. The molecule has 0 fully saturated rings. The number of carbonyl (C=O) groups is 1. The van der Waals surface area contributed by atoms with Crippen molar-refractivity contribution in [1.82, 2.24) is 4.98 Å². The van der Waals surface area contributed by atoms with E-state index in [0.29, 0.717) is 10.8 Å². The van der Waals surface area contributed by atoms with Crippen LogP contribution < -0.4 is 5.32 Å². The molecule has 92 valence electrons. The van der Waals surface area contributed by atoms with Gasteiger partial charge in [-0.05, 0) is 24.3 Å². The summed E-state index contributed by atoms with van der Waals surface area (Å²) in [5.41, 5.74) is 0.211. The number of pyridine rings is 1. The van der Waals surface area contributed by atoms with Crippen LogP contribution in [0.1, 0.15) is 10.4 Å². The minimum Gasteiger partial charge on any atom is -0.306 e. The van der Waals surface area contributed by atoms with Crippen molar-refractivity contribution in [3.05, 3.63) is 57.2 Å². The third-order valence-corrected chi connectivity index (χ3v) is 3.02. The van der Waals surface area contributed by atoms with Gasteiger partial charge in [-0.1, -0.05) is 40.9 Å². The molecule has 2 aromatic rings. The smallest absolute Gasteiger partial charge is 0.259 e. The molecule has 1 heterocycles. The summed E-state index contributed by atoms with van der Waals surface area (Å²) in [5.74, 6) is -0.0937. The molecule has 6 heteroatoms. The first kappa shape index (κ1) is 13.1. The Morgan fingerprint density at radius 1 is 1.11 bits per heavy atom. The van der Waals surface area contributed by atoms with Crippen LogP contribution in [-0.4, -0.2) is 10.9 Å². The van der Waals surface area contributed by atoms with Crippen molar-refractivity contribution in [3.63, 3.8) is 0 Å². The van der Waals surface area contributed by atoms with Gasteiger partial charge in [-0.15, -0.1) is 0 Å². The molecule has 2 rings (SSSR count). The first-order chi connectivity index (χ1) is 8.58. The number of anilines is 1. The van der Waals surface area contributed by atoms with Crippen LogP contribution in [0.5, 0.6) is 0 Å². The first-order valence-corrected chi connectivity index (χ1v) is 6.08. The second-order valence-electron chi connectivity index (χ2n) is 3.41. The van der Waals surface area contributed by atoms with E-state index in [1.807, 2.05) is 0 Å². The molecule has 1 amide bonds. The lowest BCUT2D eigenvalue weighted by Gasteiger charge is -2.07. The highest BCUT2D eigenvalue weighted by atomic mass is 35.5. The van der Waals surface area contributed by atoms with Crippen LogP contribution in [0.4, 0.5) is 5.82 Å². The summed E-state index contributed by atoms with van der Waals surface area (Å²) in [4.78, 5) is 16.0.